The average molecular weight is 322 g/mol. The molecule has 2 aromatic heterocycles. The van der Waals surface area contributed by atoms with Gasteiger partial charge in [0.15, 0.2) is 0 Å². The number of pyridine rings is 1. The normalized spacial score (nSPS) is 12.1. The monoisotopic (exact) mass is 322 g/mol. The Hall–Kier alpha value is -2.53. The molecule has 0 radical (unpaired) electrons. The topological polar surface area (TPSA) is 42.5 Å². The first-order valence-electron chi connectivity index (χ1n) is 7.50. The standard InChI is InChI=1S/C18H18N4S/c1-15-14-23-18(20-12-10-16-7-3-2-4-8-16)22(15)21-13-17-9-5-6-11-19-17/h2-9,11,13-14H,10,12H2,1H3. The van der Waals surface area contributed by atoms with Crippen LogP contribution in [0.15, 0.2) is 70.2 Å². The van der Waals surface area contributed by atoms with Crippen LogP contribution in [0.25, 0.3) is 0 Å². The number of aromatic nitrogens is 2. The van der Waals surface area contributed by atoms with E-state index in [0.29, 0.717) is 0 Å². The Morgan fingerprint density at radius 3 is 2.74 bits per heavy atom. The maximum atomic E-state index is 4.68. The van der Waals surface area contributed by atoms with E-state index in [1.54, 1.807) is 23.7 Å². The lowest BCUT2D eigenvalue weighted by molar-refractivity contribution is 0.783. The number of rotatable bonds is 5. The van der Waals surface area contributed by atoms with E-state index in [0.717, 1.165) is 29.2 Å². The van der Waals surface area contributed by atoms with Gasteiger partial charge in [0.05, 0.1) is 17.6 Å². The Bertz CT molecular complexity index is 832. The molecular weight excluding hydrogens is 304 g/mol. The van der Waals surface area contributed by atoms with Crippen LogP contribution in [0.1, 0.15) is 17.0 Å². The smallest absolute Gasteiger partial charge is 0.205 e. The molecule has 0 N–H and O–H groups in total. The Morgan fingerprint density at radius 2 is 1.96 bits per heavy atom. The van der Waals surface area contributed by atoms with Crippen LogP contribution in [-0.2, 0) is 6.42 Å². The van der Waals surface area contributed by atoms with Crippen LogP contribution in [0, 0.1) is 6.92 Å². The Morgan fingerprint density at radius 1 is 1.13 bits per heavy atom. The van der Waals surface area contributed by atoms with Gasteiger partial charge in [-0.25, -0.2) is 4.68 Å². The molecule has 3 rings (SSSR count). The van der Waals surface area contributed by atoms with Crippen LogP contribution < -0.4 is 4.80 Å². The number of hydrogen-bond donors (Lipinski definition) is 0. The van der Waals surface area contributed by atoms with E-state index in [4.69, 9.17) is 0 Å². The van der Waals surface area contributed by atoms with Crippen molar-refractivity contribution in [2.45, 2.75) is 13.3 Å². The quantitative estimate of drug-likeness (QED) is 0.665. The summed E-state index contributed by atoms with van der Waals surface area (Å²) in [5.41, 5.74) is 3.20. The summed E-state index contributed by atoms with van der Waals surface area (Å²) in [6.45, 7) is 2.78. The molecule has 5 heteroatoms. The third-order valence-corrected chi connectivity index (χ3v) is 4.31. The second-order valence-electron chi connectivity index (χ2n) is 5.09. The van der Waals surface area contributed by atoms with Gasteiger partial charge in [0.2, 0.25) is 4.80 Å². The van der Waals surface area contributed by atoms with Gasteiger partial charge in [-0.15, -0.1) is 11.3 Å². The van der Waals surface area contributed by atoms with Gasteiger partial charge < -0.3 is 0 Å². The molecule has 4 nitrogen and oxygen atoms in total. The highest BCUT2D eigenvalue weighted by Crippen LogP contribution is 2.02. The first-order valence-corrected chi connectivity index (χ1v) is 8.38. The van der Waals surface area contributed by atoms with Gasteiger partial charge in [-0.3, -0.25) is 9.98 Å². The molecule has 0 aliphatic rings. The van der Waals surface area contributed by atoms with E-state index >= 15 is 0 Å². The highest BCUT2D eigenvalue weighted by molar-refractivity contribution is 7.07. The molecule has 0 aliphatic carbocycles. The number of aryl methyl sites for hydroxylation is 1. The molecule has 0 unspecified atom stereocenters. The van der Waals surface area contributed by atoms with Crippen molar-refractivity contribution in [2.75, 3.05) is 6.54 Å². The van der Waals surface area contributed by atoms with Crippen molar-refractivity contribution in [1.82, 2.24) is 9.66 Å². The third kappa shape index (κ3) is 4.23. The molecule has 0 spiro atoms. The molecule has 3 aromatic rings. The fourth-order valence-corrected chi connectivity index (χ4v) is 2.96. The van der Waals surface area contributed by atoms with Gasteiger partial charge in [0.1, 0.15) is 0 Å². The molecule has 0 fully saturated rings. The molecular formula is C18H18N4S. The lowest BCUT2D eigenvalue weighted by Crippen LogP contribution is -2.13. The van der Waals surface area contributed by atoms with Crippen molar-refractivity contribution >= 4 is 17.6 Å². The minimum atomic E-state index is 0.753. The van der Waals surface area contributed by atoms with E-state index in [1.807, 2.05) is 35.9 Å². The van der Waals surface area contributed by atoms with Crippen molar-refractivity contribution < 1.29 is 0 Å². The average Bonchev–Trinajstić information content (AvgIpc) is 2.95. The van der Waals surface area contributed by atoms with Crippen LogP contribution in [0.2, 0.25) is 0 Å². The van der Waals surface area contributed by atoms with Crippen LogP contribution >= 0.6 is 11.3 Å². The number of nitrogens with zero attached hydrogens (tertiary/aromatic N) is 4. The van der Waals surface area contributed by atoms with Crippen LogP contribution in [0.4, 0.5) is 0 Å². The summed E-state index contributed by atoms with van der Waals surface area (Å²) in [6.07, 6.45) is 4.45. The zero-order valence-corrected chi connectivity index (χ0v) is 13.8. The van der Waals surface area contributed by atoms with Crippen molar-refractivity contribution in [3.63, 3.8) is 0 Å². The largest absolute Gasteiger partial charge is 0.257 e. The molecule has 2 heterocycles. The van der Waals surface area contributed by atoms with Crippen molar-refractivity contribution in [1.29, 1.82) is 0 Å². The number of hydrogen-bond acceptors (Lipinski definition) is 4. The maximum Gasteiger partial charge on any atom is 0.205 e. The molecule has 0 atom stereocenters. The first kappa shape index (κ1) is 15.4. The highest BCUT2D eigenvalue weighted by atomic mass is 32.1. The maximum absolute atomic E-state index is 4.68. The van der Waals surface area contributed by atoms with Crippen LogP contribution in [0.5, 0.6) is 0 Å². The van der Waals surface area contributed by atoms with Gasteiger partial charge in [-0.05, 0) is 31.0 Å². The molecule has 116 valence electrons. The lowest BCUT2D eigenvalue weighted by Gasteiger charge is -1.99. The minimum Gasteiger partial charge on any atom is -0.257 e. The van der Waals surface area contributed by atoms with E-state index in [1.165, 1.54) is 5.56 Å². The fraction of sp³-hybridized carbons (Fsp3) is 0.167. The lowest BCUT2D eigenvalue weighted by atomic mass is 10.2. The molecule has 0 saturated heterocycles. The highest BCUT2D eigenvalue weighted by Gasteiger charge is 1.99. The summed E-state index contributed by atoms with van der Waals surface area (Å²) in [5.74, 6) is 0. The third-order valence-electron chi connectivity index (χ3n) is 3.33. The molecule has 23 heavy (non-hydrogen) atoms. The van der Waals surface area contributed by atoms with Gasteiger partial charge >= 0.3 is 0 Å². The molecule has 0 aliphatic heterocycles. The summed E-state index contributed by atoms with van der Waals surface area (Å²) >= 11 is 1.61. The predicted molar refractivity (Wildman–Crippen MR) is 94.9 cm³/mol. The molecule has 0 amide bonds. The van der Waals surface area contributed by atoms with E-state index in [9.17, 15) is 0 Å². The second kappa shape index (κ2) is 7.65. The number of thiazole rings is 1. The summed E-state index contributed by atoms with van der Waals surface area (Å²) in [7, 11) is 0. The van der Waals surface area contributed by atoms with Gasteiger partial charge in [0, 0.05) is 18.1 Å². The van der Waals surface area contributed by atoms with Gasteiger partial charge in [-0.2, -0.15) is 5.10 Å². The van der Waals surface area contributed by atoms with Crippen LogP contribution in [-0.4, -0.2) is 22.4 Å². The first-order chi connectivity index (χ1) is 11.3. The van der Waals surface area contributed by atoms with E-state index < -0.39 is 0 Å². The fourth-order valence-electron chi connectivity index (χ4n) is 2.13. The Kier molecular flexibility index (Phi) is 5.11. The summed E-state index contributed by atoms with van der Waals surface area (Å²) in [6, 6.07) is 16.2. The zero-order valence-electron chi connectivity index (χ0n) is 13.0. The Balaban J connectivity index is 1.76. The molecule has 0 saturated carbocycles. The predicted octanol–water partition coefficient (Wildman–Crippen LogP) is 3.28. The molecule has 0 bridgehead atoms. The van der Waals surface area contributed by atoms with Gasteiger partial charge in [-0.1, -0.05) is 36.4 Å². The van der Waals surface area contributed by atoms with Gasteiger partial charge in [0.25, 0.3) is 0 Å². The Labute approximate surface area is 139 Å². The zero-order chi connectivity index (χ0) is 15.9. The second-order valence-corrected chi connectivity index (χ2v) is 5.92. The van der Waals surface area contributed by atoms with Crippen molar-refractivity contribution in [3.8, 4) is 0 Å². The van der Waals surface area contributed by atoms with Crippen LogP contribution in [0.3, 0.4) is 0 Å². The van der Waals surface area contributed by atoms with Crippen molar-refractivity contribution in [3.05, 3.63) is 81.9 Å². The minimum absolute atomic E-state index is 0.753. The SMILES string of the molecule is Cc1csc(=NCCc2ccccc2)n1N=Cc1ccccn1. The summed E-state index contributed by atoms with van der Waals surface area (Å²) < 4.78 is 1.87. The van der Waals surface area contributed by atoms with Crippen molar-refractivity contribution in [2.24, 2.45) is 10.1 Å². The molecule has 1 aromatic carbocycles. The summed E-state index contributed by atoms with van der Waals surface area (Å²) in [4.78, 5) is 9.84. The van der Waals surface area contributed by atoms with E-state index in [-0.39, 0.29) is 0 Å². The summed E-state index contributed by atoms with van der Waals surface area (Å²) in [5, 5.41) is 6.57. The number of benzene rings is 1. The van der Waals surface area contributed by atoms with E-state index in [2.05, 4.69) is 44.7 Å².